The molecular formula is C12H24N2OS2. The van der Waals surface area contributed by atoms with Crippen LogP contribution in [0.1, 0.15) is 26.7 Å². The Hall–Kier alpha value is 0.130. The molecule has 100 valence electrons. The van der Waals surface area contributed by atoms with Crippen molar-refractivity contribution in [3.8, 4) is 0 Å². The van der Waals surface area contributed by atoms with Crippen LogP contribution in [0.4, 0.5) is 0 Å². The first kappa shape index (κ1) is 15.2. The van der Waals surface area contributed by atoms with Gasteiger partial charge >= 0.3 is 0 Å². The second-order valence-corrected chi connectivity index (χ2v) is 7.03. The molecule has 1 heterocycles. The van der Waals surface area contributed by atoms with Crippen LogP contribution in [0.25, 0.3) is 0 Å². The average Bonchev–Trinajstić information content (AvgIpc) is 2.40. The van der Waals surface area contributed by atoms with Gasteiger partial charge in [0.1, 0.15) is 0 Å². The zero-order valence-corrected chi connectivity index (χ0v) is 12.5. The number of hydrogen-bond acceptors (Lipinski definition) is 4. The minimum absolute atomic E-state index is 0.140. The van der Waals surface area contributed by atoms with E-state index in [2.05, 4.69) is 5.32 Å². The van der Waals surface area contributed by atoms with E-state index in [1.165, 1.54) is 11.5 Å². The molecule has 0 aromatic carbocycles. The minimum Gasteiger partial charge on any atom is -0.354 e. The molecule has 0 saturated carbocycles. The normalized spacial score (nSPS) is 21.2. The highest BCUT2D eigenvalue weighted by Gasteiger charge is 2.33. The van der Waals surface area contributed by atoms with Crippen molar-refractivity contribution in [1.82, 2.24) is 5.32 Å². The number of thioether (sulfide) groups is 2. The zero-order chi connectivity index (χ0) is 12.7. The third kappa shape index (κ3) is 4.07. The molecular weight excluding hydrogens is 252 g/mol. The van der Waals surface area contributed by atoms with Gasteiger partial charge in [0, 0.05) is 35.6 Å². The van der Waals surface area contributed by atoms with Gasteiger partial charge in [-0.3, -0.25) is 4.79 Å². The van der Waals surface area contributed by atoms with Crippen LogP contribution in [0.5, 0.6) is 0 Å². The molecule has 1 atom stereocenters. The molecule has 5 heteroatoms. The Morgan fingerprint density at radius 3 is 2.59 bits per heavy atom. The molecule has 0 aromatic heterocycles. The van der Waals surface area contributed by atoms with Crippen molar-refractivity contribution in [2.45, 2.75) is 31.9 Å². The smallest absolute Gasteiger partial charge is 0.227 e. The summed E-state index contributed by atoms with van der Waals surface area (Å²) in [4.78, 5) is 12.2. The van der Waals surface area contributed by atoms with Gasteiger partial charge < -0.3 is 11.1 Å². The van der Waals surface area contributed by atoms with Crippen molar-refractivity contribution in [3.63, 3.8) is 0 Å². The van der Waals surface area contributed by atoms with E-state index < -0.39 is 0 Å². The van der Waals surface area contributed by atoms with Crippen LogP contribution >= 0.6 is 23.5 Å². The van der Waals surface area contributed by atoms with Gasteiger partial charge in [-0.2, -0.15) is 23.5 Å². The fraction of sp³-hybridized carbons (Fsp3) is 0.917. The van der Waals surface area contributed by atoms with E-state index in [0.29, 0.717) is 11.8 Å². The maximum absolute atomic E-state index is 12.2. The summed E-state index contributed by atoms with van der Waals surface area (Å²) in [5.74, 6) is 3.74. The maximum Gasteiger partial charge on any atom is 0.227 e. The summed E-state index contributed by atoms with van der Waals surface area (Å²) >= 11 is 3.95. The summed E-state index contributed by atoms with van der Waals surface area (Å²) in [5, 5.41) is 3.66. The largest absolute Gasteiger partial charge is 0.354 e. The van der Waals surface area contributed by atoms with Crippen LogP contribution in [0.15, 0.2) is 0 Å². The topological polar surface area (TPSA) is 55.1 Å². The van der Waals surface area contributed by atoms with Crippen molar-refractivity contribution in [2.75, 3.05) is 30.3 Å². The van der Waals surface area contributed by atoms with Crippen LogP contribution in [-0.2, 0) is 4.79 Å². The van der Waals surface area contributed by atoms with E-state index in [1.807, 2.05) is 37.4 Å². The third-order valence-electron chi connectivity index (χ3n) is 3.60. The second kappa shape index (κ2) is 7.54. The van der Waals surface area contributed by atoms with Crippen LogP contribution in [0, 0.1) is 5.41 Å². The third-order valence-corrected chi connectivity index (χ3v) is 6.45. The number of nitrogens with one attached hydrogen (secondary N) is 1. The SMILES string of the molecule is CCC(CC)(CN)C(=O)NCC1CSCCS1. The Labute approximate surface area is 113 Å². The predicted octanol–water partition coefficient (Wildman–Crippen LogP) is 1.72. The first-order chi connectivity index (χ1) is 8.18. The highest BCUT2D eigenvalue weighted by Crippen LogP contribution is 2.26. The fourth-order valence-electron chi connectivity index (χ4n) is 2.00. The van der Waals surface area contributed by atoms with Crippen LogP contribution < -0.4 is 11.1 Å². The number of hydrogen-bond donors (Lipinski definition) is 2. The standard InChI is InChI=1S/C12H24N2OS2/c1-3-12(4-2,9-13)11(15)14-7-10-8-16-5-6-17-10/h10H,3-9,13H2,1-2H3,(H,14,15). The summed E-state index contributed by atoms with van der Waals surface area (Å²) in [6.45, 7) is 5.32. The van der Waals surface area contributed by atoms with Gasteiger partial charge in [-0.05, 0) is 12.8 Å². The van der Waals surface area contributed by atoms with Gasteiger partial charge in [-0.15, -0.1) is 0 Å². The maximum atomic E-state index is 12.2. The van der Waals surface area contributed by atoms with Gasteiger partial charge in [0.05, 0.1) is 5.41 Å². The predicted molar refractivity (Wildman–Crippen MR) is 78.7 cm³/mol. The van der Waals surface area contributed by atoms with Crippen molar-refractivity contribution in [3.05, 3.63) is 0 Å². The summed E-state index contributed by atoms with van der Waals surface area (Å²) in [5.41, 5.74) is 5.41. The number of carbonyl (C=O) groups is 1. The van der Waals surface area contributed by atoms with Gasteiger partial charge in [0.25, 0.3) is 0 Å². The quantitative estimate of drug-likeness (QED) is 0.775. The summed E-state index contributed by atoms with van der Waals surface area (Å²) in [6.07, 6.45) is 1.64. The molecule has 1 rings (SSSR count). The Morgan fingerprint density at radius 2 is 2.12 bits per heavy atom. The van der Waals surface area contributed by atoms with Gasteiger partial charge in [-0.1, -0.05) is 13.8 Å². The monoisotopic (exact) mass is 276 g/mol. The highest BCUT2D eigenvalue weighted by molar-refractivity contribution is 8.06. The Kier molecular flexibility index (Phi) is 6.74. The zero-order valence-electron chi connectivity index (χ0n) is 10.8. The van der Waals surface area contributed by atoms with Crippen molar-refractivity contribution >= 4 is 29.4 Å². The lowest BCUT2D eigenvalue weighted by Crippen LogP contribution is -2.47. The molecule has 3 N–H and O–H groups in total. The minimum atomic E-state index is -0.355. The summed E-state index contributed by atoms with van der Waals surface area (Å²) in [7, 11) is 0. The highest BCUT2D eigenvalue weighted by atomic mass is 32.2. The van der Waals surface area contributed by atoms with Gasteiger partial charge in [0.2, 0.25) is 5.91 Å². The molecule has 0 spiro atoms. The van der Waals surface area contributed by atoms with Crippen LogP contribution in [0.3, 0.4) is 0 Å². The molecule has 1 amide bonds. The number of amides is 1. The van der Waals surface area contributed by atoms with Crippen LogP contribution in [-0.4, -0.2) is 41.5 Å². The summed E-state index contributed by atoms with van der Waals surface area (Å²) in [6, 6.07) is 0. The van der Waals surface area contributed by atoms with Crippen LogP contribution in [0.2, 0.25) is 0 Å². The molecule has 0 aliphatic carbocycles. The molecule has 1 saturated heterocycles. The Balaban J connectivity index is 2.41. The van der Waals surface area contributed by atoms with E-state index >= 15 is 0 Å². The van der Waals surface area contributed by atoms with E-state index in [1.54, 1.807) is 0 Å². The average molecular weight is 276 g/mol. The first-order valence-electron chi connectivity index (χ1n) is 6.36. The van der Waals surface area contributed by atoms with Crippen molar-refractivity contribution < 1.29 is 4.79 Å². The van der Waals surface area contributed by atoms with Gasteiger partial charge in [0.15, 0.2) is 0 Å². The molecule has 1 aliphatic heterocycles. The van der Waals surface area contributed by atoms with E-state index in [0.717, 1.165) is 25.1 Å². The molecule has 0 radical (unpaired) electrons. The molecule has 3 nitrogen and oxygen atoms in total. The van der Waals surface area contributed by atoms with E-state index in [9.17, 15) is 4.79 Å². The second-order valence-electron chi connectivity index (χ2n) is 4.47. The summed E-state index contributed by atoms with van der Waals surface area (Å²) < 4.78 is 0. The van der Waals surface area contributed by atoms with E-state index in [4.69, 9.17) is 5.73 Å². The van der Waals surface area contributed by atoms with Gasteiger partial charge in [-0.25, -0.2) is 0 Å². The van der Waals surface area contributed by atoms with Crippen molar-refractivity contribution in [1.29, 1.82) is 0 Å². The number of rotatable bonds is 6. The molecule has 0 bridgehead atoms. The molecule has 1 aliphatic rings. The molecule has 0 aromatic rings. The lowest BCUT2D eigenvalue weighted by molar-refractivity contribution is -0.130. The lowest BCUT2D eigenvalue weighted by atomic mass is 9.81. The molecule has 17 heavy (non-hydrogen) atoms. The Morgan fingerprint density at radius 1 is 1.41 bits per heavy atom. The molecule has 1 unspecified atom stereocenters. The lowest BCUT2D eigenvalue weighted by Gasteiger charge is -2.30. The Bertz CT molecular complexity index is 230. The number of nitrogens with two attached hydrogens (primary N) is 1. The molecule has 1 fully saturated rings. The first-order valence-corrected chi connectivity index (χ1v) is 8.56. The van der Waals surface area contributed by atoms with Crippen molar-refractivity contribution in [2.24, 2.45) is 11.1 Å². The van der Waals surface area contributed by atoms with E-state index in [-0.39, 0.29) is 11.3 Å². The number of carbonyl (C=O) groups excluding carboxylic acids is 1. The fourth-order valence-corrected chi connectivity index (χ4v) is 4.61.